The van der Waals surface area contributed by atoms with E-state index in [0.717, 1.165) is 38.5 Å². The maximum Gasteiger partial charge on any atom is 1.00 e. The van der Waals surface area contributed by atoms with Crippen LogP contribution >= 0.6 is 0 Å². The Morgan fingerprint density at radius 2 is 1.84 bits per heavy atom. The van der Waals surface area contributed by atoms with Gasteiger partial charge in [-0.05, 0) is 56.3 Å². The van der Waals surface area contributed by atoms with Crippen molar-refractivity contribution in [2.45, 2.75) is 91.6 Å². The predicted molar refractivity (Wildman–Crippen MR) is 93.1 cm³/mol. The number of carbonyl (C=O) groups is 2. The molecule has 1 fully saturated rings. The second-order valence-corrected chi connectivity index (χ2v) is 7.90. The third-order valence-electron chi connectivity index (χ3n) is 5.41. The van der Waals surface area contributed by atoms with E-state index in [2.05, 4.69) is 27.7 Å². The molecule has 4 unspecified atom stereocenters. The standard InChI is InChI=1S/C20H36O4.Na/c1-5-6-7-8-16(10-12-19(21)22)24-20(23)18-13-15(4)9-11-17(18)14(2)3;/h14-18H,5-13H2,1-4H3,(H,21,22);/q;+1/p-1. The topological polar surface area (TPSA) is 66.4 Å². The van der Waals surface area contributed by atoms with Crippen molar-refractivity contribution in [3.8, 4) is 0 Å². The summed E-state index contributed by atoms with van der Waals surface area (Å²) in [5.41, 5.74) is 0. The minimum absolute atomic E-state index is 0. The van der Waals surface area contributed by atoms with E-state index in [1.54, 1.807) is 0 Å². The number of aliphatic carboxylic acids is 1. The molecule has 25 heavy (non-hydrogen) atoms. The van der Waals surface area contributed by atoms with E-state index in [9.17, 15) is 14.7 Å². The Hall–Kier alpha value is -0.0600. The Morgan fingerprint density at radius 1 is 1.16 bits per heavy atom. The number of rotatable bonds is 10. The monoisotopic (exact) mass is 362 g/mol. The molecule has 1 aliphatic carbocycles. The summed E-state index contributed by atoms with van der Waals surface area (Å²) in [6.07, 6.45) is 7.08. The smallest absolute Gasteiger partial charge is 0.550 e. The number of hydrogen-bond acceptors (Lipinski definition) is 4. The second kappa shape index (κ2) is 13.2. The summed E-state index contributed by atoms with van der Waals surface area (Å²) in [4.78, 5) is 23.5. The van der Waals surface area contributed by atoms with Crippen LogP contribution in [0, 0.1) is 23.7 Å². The van der Waals surface area contributed by atoms with E-state index in [4.69, 9.17) is 4.74 Å². The van der Waals surface area contributed by atoms with Crippen molar-refractivity contribution < 1.29 is 49.0 Å². The fourth-order valence-electron chi connectivity index (χ4n) is 3.89. The molecular weight excluding hydrogens is 327 g/mol. The van der Waals surface area contributed by atoms with Crippen LogP contribution in [0.4, 0.5) is 0 Å². The fraction of sp³-hybridized carbons (Fsp3) is 0.900. The first-order valence-corrected chi connectivity index (χ1v) is 9.75. The molecule has 0 aliphatic heterocycles. The first-order chi connectivity index (χ1) is 11.3. The van der Waals surface area contributed by atoms with Crippen LogP contribution in [0.25, 0.3) is 0 Å². The van der Waals surface area contributed by atoms with Gasteiger partial charge in [-0.2, -0.15) is 0 Å². The van der Waals surface area contributed by atoms with E-state index in [0.29, 0.717) is 24.2 Å². The van der Waals surface area contributed by atoms with Crippen LogP contribution in [0.15, 0.2) is 0 Å². The minimum atomic E-state index is -1.07. The van der Waals surface area contributed by atoms with Crippen molar-refractivity contribution in [1.82, 2.24) is 0 Å². The zero-order valence-corrected chi connectivity index (χ0v) is 18.9. The van der Waals surface area contributed by atoms with Crippen molar-refractivity contribution in [1.29, 1.82) is 0 Å². The molecule has 0 aromatic carbocycles. The number of carboxylic acids is 1. The van der Waals surface area contributed by atoms with Gasteiger partial charge in [-0.1, -0.05) is 47.0 Å². The second-order valence-electron chi connectivity index (χ2n) is 7.90. The van der Waals surface area contributed by atoms with Gasteiger partial charge in [-0.3, -0.25) is 4.79 Å². The molecule has 0 amide bonds. The Balaban J connectivity index is 0.00000576. The van der Waals surface area contributed by atoms with Crippen LogP contribution in [-0.2, 0) is 14.3 Å². The van der Waals surface area contributed by atoms with Gasteiger partial charge in [-0.15, -0.1) is 0 Å². The molecule has 140 valence electrons. The predicted octanol–water partition coefficient (Wildman–Crippen LogP) is 0.721. The maximum absolute atomic E-state index is 12.8. The summed E-state index contributed by atoms with van der Waals surface area (Å²) in [5, 5.41) is 10.8. The SMILES string of the molecule is CCCCCC(CCC(=O)[O-])OC(=O)C1CC(C)CCC1C(C)C.[Na+]. The molecule has 1 aliphatic rings. The summed E-state index contributed by atoms with van der Waals surface area (Å²) in [7, 11) is 0. The largest absolute Gasteiger partial charge is 1.00 e. The number of esters is 1. The number of carboxylic acid groups (broad SMARTS) is 1. The molecule has 0 aromatic heterocycles. The van der Waals surface area contributed by atoms with Gasteiger partial charge < -0.3 is 14.6 Å². The van der Waals surface area contributed by atoms with Crippen LogP contribution in [0.2, 0.25) is 0 Å². The van der Waals surface area contributed by atoms with Crippen molar-refractivity contribution >= 4 is 11.9 Å². The molecule has 4 atom stereocenters. The molecule has 5 heteroatoms. The van der Waals surface area contributed by atoms with Crippen LogP contribution in [0.3, 0.4) is 0 Å². The number of carbonyl (C=O) groups excluding carboxylic acids is 2. The van der Waals surface area contributed by atoms with Gasteiger partial charge in [0.25, 0.3) is 0 Å². The van der Waals surface area contributed by atoms with Gasteiger partial charge in [0.15, 0.2) is 0 Å². The van der Waals surface area contributed by atoms with E-state index in [1.807, 2.05) is 0 Å². The molecule has 1 saturated carbocycles. The third kappa shape index (κ3) is 9.44. The average molecular weight is 362 g/mol. The summed E-state index contributed by atoms with van der Waals surface area (Å²) >= 11 is 0. The minimum Gasteiger partial charge on any atom is -0.550 e. The number of hydrogen-bond donors (Lipinski definition) is 0. The van der Waals surface area contributed by atoms with Crippen molar-refractivity contribution in [3.63, 3.8) is 0 Å². The average Bonchev–Trinajstić information content (AvgIpc) is 2.52. The van der Waals surface area contributed by atoms with Crippen LogP contribution in [0.5, 0.6) is 0 Å². The summed E-state index contributed by atoms with van der Waals surface area (Å²) in [5.74, 6) is 0.186. The molecule has 0 aromatic rings. The van der Waals surface area contributed by atoms with E-state index >= 15 is 0 Å². The van der Waals surface area contributed by atoms with Crippen molar-refractivity contribution in [2.75, 3.05) is 0 Å². The number of ether oxygens (including phenoxy) is 1. The summed E-state index contributed by atoms with van der Waals surface area (Å²) < 4.78 is 5.79. The summed E-state index contributed by atoms with van der Waals surface area (Å²) in [6.45, 7) is 8.68. The van der Waals surface area contributed by atoms with Gasteiger partial charge in [0, 0.05) is 5.97 Å². The van der Waals surface area contributed by atoms with Crippen molar-refractivity contribution in [3.05, 3.63) is 0 Å². The zero-order chi connectivity index (χ0) is 18.1. The van der Waals surface area contributed by atoms with Gasteiger partial charge >= 0.3 is 35.5 Å². The molecule has 0 saturated heterocycles. The molecule has 0 heterocycles. The fourth-order valence-corrected chi connectivity index (χ4v) is 3.89. The number of unbranched alkanes of at least 4 members (excludes halogenated alkanes) is 2. The molecular formula is C20H35NaO4. The Labute approximate surface area is 175 Å². The first-order valence-electron chi connectivity index (χ1n) is 9.75. The van der Waals surface area contributed by atoms with Gasteiger partial charge in [-0.25, -0.2) is 0 Å². The molecule has 0 radical (unpaired) electrons. The Bertz CT molecular complexity index is 397. The normalized spacial score (nSPS) is 24.4. The molecule has 0 spiro atoms. The van der Waals surface area contributed by atoms with Crippen molar-refractivity contribution in [2.24, 2.45) is 23.7 Å². The molecule has 1 rings (SSSR count). The van der Waals surface area contributed by atoms with Gasteiger partial charge in [0.2, 0.25) is 0 Å². The van der Waals surface area contributed by atoms with Gasteiger partial charge in [0.1, 0.15) is 6.10 Å². The Morgan fingerprint density at radius 3 is 2.40 bits per heavy atom. The summed E-state index contributed by atoms with van der Waals surface area (Å²) in [6, 6.07) is 0. The molecule has 4 nitrogen and oxygen atoms in total. The van der Waals surface area contributed by atoms with E-state index in [-0.39, 0.29) is 54.0 Å². The van der Waals surface area contributed by atoms with Crippen LogP contribution in [0.1, 0.15) is 85.5 Å². The maximum atomic E-state index is 12.8. The van der Waals surface area contributed by atoms with Crippen LogP contribution in [-0.4, -0.2) is 18.0 Å². The molecule has 0 N–H and O–H groups in total. The van der Waals surface area contributed by atoms with E-state index in [1.165, 1.54) is 6.42 Å². The Kier molecular flexibility index (Phi) is 13.1. The quantitative estimate of drug-likeness (QED) is 0.326. The first kappa shape index (κ1) is 24.9. The third-order valence-corrected chi connectivity index (χ3v) is 5.41. The zero-order valence-electron chi connectivity index (χ0n) is 16.9. The van der Waals surface area contributed by atoms with E-state index < -0.39 is 5.97 Å². The molecule has 0 bridgehead atoms. The van der Waals surface area contributed by atoms with Crippen LogP contribution < -0.4 is 34.7 Å². The van der Waals surface area contributed by atoms with Gasteiger partial charge in [0.05, 0.1) is 5.92 Å².